The van der Waals surface area contributed by atoms with Crippen molar-refractivity contribution in [2.45, 2.75) is 68.5 Å². The number of hydrogen-bond donors (Lipinski definition) is 2. The molecule has 1 aromatic heterocycles. The summed E-state index contributed by atoms with van der Waals surface area (Å²) in [6.07, 6.45) is 9.53. The summed E-state index contributed by atoms with van der Waals surface area (Å²) in [6.45, 7) is 0.704. The third-order valence-electron chi connectivity index (χ3n) is 4.44. The van der Waals surface area contributed by atoms with Crippen LogP contribution in [-0.2, 0) is 16.6 Å². The van der Waals surface area contributed by atoms with E-state index < -0.39 is 10.0 Å². The molecule has 2 saturated carbocycles. The summed E-state index contributed by atoms with van der Waals surface area (Å²) in [6, 6.07) is 2.42. The van der Waals surface area contributed by atoms with Gasteiger partial charge in [-0.05, 0) is 38.8 Å². The standard InChI is InChI=1S/C15H25N3O2S/c1-16-10-14-9-15(11-18(14)13-7-8-13)21(19,20)17-12-5-3-2-4-6-12/h9,11-13,16-17H,2-8,10H2,1H3. The van der Waals surface area contributed by atoms with Crippen LogP contribution in [0.1, 0.15) is 56.7 Å². The highest BCUT2D eigenvalue weighted by Gasteiger charge is 2.29. The van der Waals surface area contributed by atoms with E-state index in [1.807, 2.05) is 19.3 Å². The molecule has 0 aliphatic heterocycles. The van der Waals surface area contributed by atoms with Gasteiger partial charge in [0.05, 0.1) is 4.90 Å². The van der Waals surface area contributed by atoms with E-state index in [0.29, 0.717) is 17.5 Å². The fourth-order valence-corrected chi connectivity index (χ4v) is 4.52. The summed E-state index contributed by atoms with van der Waals surface area (Å²) in [5.41, 5.74) is 1.06. The number of rotatable bonds is 6. The van der Waals surface area contributed by atoms with E-state index in [1.165, 1.54) is 6.42 Å². The second kappa shape index (κ2) is 6.10. The second-order valence-corrected chi connectivity index (χ2v) is 8.01. The molecular formula is C15H25N3O2S. The van der Waals surface area contributed by atoms with Gasteiger partial charge in [0.2, 0.25) is 10.0 Å². The minimum absolute atomic E-state index is 0.112. The molecule has 0 atom stereocenters. The third kappa shape index (κ3) is 3.49. The molecule has 118 valence electrons. The van der Waals surface area contributed by atoms with Crippen LogP contribution in [0.5, 0.6) is 0 Å². The summed E-state index contributed by atoms with van der Waals surface area (Å²) >= 11 is 0. The molecule has 0 unspecified atom stereocenters. The van der Waals surface area contributed by atoms with Gasteiger partial charge in [0.25, 0.3) is 0 Å². The summed E-state index contributed by atoms with van der Waals surface area (Å²) in [4.78, 5) is 0.422. The second-order valence-electron chi connectivity index (χ2n) is 6.29. The van der Waals surface area contributed by atoms with Crippen LogP contribution in [0.2, 0.25) is 0 Å². The Morgan fingerprint density at radius 1 is 1.19 bits per heavy atom. The smallest absolute Gasteiger partial charge is 0.242 e. The van der Waals surface area contributed by atoms with Gasteiger partial charge in [-0.3, -0.25) is 0 Å². The molecule has 6 heteroatoms. The lowest BCUT2D eigenvalue weighted by Crippen LogP contribution is -2.36. The van der Waals surface area contributed by atoms with E-state index in [2.05, 4.69) is 14.6 Å². The third-order valence-corrected chi connectivity index (χ3v) is 5.93. The topological polar surface area (TPSA) is 63.1 Å². The van der Waals surface area contributed by atoms with Crippen LogP contribution in [0.3, 0.4) is 0 Å². The Morgan fingerprint density at radius 2 is 1.90 bits per heavy atom. The fourth-order valence-electron chi connectivity index (χ4n) is 3.17. The average molecular weight is 311 g/mol. The molecule has 0 spiro atoms. The normalized spacial score (nSPS) is 20.8. The highest BCUT2D eigenvalue weighted by atomic mass is 32.2. The van der Waals surface area contributed by atoms with Crippen molar-refractivity contribution in [1.29, 1.82) is 0 Å². The predicted molar refractivity (Wildman–Crippen MR) is 82.7 cm³/mol. The summed E-state index contributed by atoms with van der Waals surface area (Å²) < 4.78 is 30.2. The first-order valence-electron chi connectivity index (χ1n) is 7.98. The maximum Gasteiger partial charge on any atom is 0.242 e. The van der Waals surface area contributed by atoms with Crippen molar-refractivity contribution < 1.29 is 8.42 Å². The van der Waals surface area contributed by atoms with Gasteiger partial charge in [0.1, 0.15) is 0 Å². The zero-order valence-electron chi connectivity index (χ0n) is 12.6. The minimum Gasteiger partial charge on any atom is -0.346 e. The first-order valence-corrected chi connectivity index (χ1v) is 9.46. The van der Waals surface area contributed by atoms with E-state index in [4.69, 9.17) is 0 Å². The van der Waals surface area contributed by atoms with Crippen molar-refractivity contribution >= 4 is 10.0 Å². The maximum absolute atomic E-state index is 12.6. The molecule has 3 rings (SSSR count). The molecule has 0 bridgehead atoms. The van der Waals surface area contributed by atoms with Crippen LogP contribution in [0, 0.1) is 0 Å². The van der Waals surface area contributed by atoms with Crippen LogP contribution in [0.4, 0.5) is 0 Å². The van der Waals surface area contributed by atoms with Gasteiger partial charge >= 0.3 is 0 Å². The first-order chi connectivity index (χ1) is 10.1. The summed E-state index contributed by atoms with van der Waals surface area (Å²) in [5, 5.41) is 3.12. The van der Waals surface area contributed by atoms with Gasteiger partial charge in [0, 0.05) is 30.5 Å². The van der Waals surface area contributed by atoms with Gasteiger partial charge in [-0.1, -0.05) is 19.3 Å². The van der Waals surface area contributed by atoms with Crippen molar-refractivity contribution in [2.75, 3.05) is 7.05 Å². The molecule has 2 aliphatic rings. The molecule has 0 radical (unpaired) electrons. The highest BCUT2D eigenvalue weighted by molar-refractivity contribution is 7.89. The number of hydrogen-bond acceptors (Lipinski definition) is 3. The number of nitrogens with one attached hydrogen (secondary N) is 2. The Balaban J connectivity index is 1.79. The van der Waals surface area contributed by atoms with Crippen LogP contribution < -0.4 is 10.0 Å². The minimum atomic E-state index is -3.38. The average Bonchev–Trinajstić information content (AvgIpc) is 3.21. The number of aromatic nitrogens is 1. The van der Waals surface area contributed by atoms with Crippen molar-refractivity contribution in [3.63, 3.8) is 0 Å². The molecule has 21 heavy (non-hydrogen) atoms. The Hall–Kier alpha value is -0.850. The maximum atomic E-state index is 12.6. The molecule has 1 heterocycles. The highest BCUT2D eigenvalue weighted by Crippen LogP contribution is 2.37. The van der Waals surface area contributed by atoms with Gasteiger partial charge in [-0.2, -0.15) is 0 Å². The Morgan fingerprint density at radius 3 is 2.52 bits per heavy atom. The molecule has 2 N–H and O–H groups in total. The van der Waals surface area contributed by atoms with E-state index in [1.54, 1.807) is 0 Å². The lowest BCUT2D eigenvalue weighted by molar-refractivity contribution is 0.412. The monoisotopic (exact) mass is 311 g/mol. The van der Waals surface area contributed by atoms with Crippen LogP contribution in [-0.4, -0.2) is 26.1 Å². The Bertz CT molecular complexity index is 584. The first kappa shape index (κ1) is 15.1. The predicted octanol–water partition coefficient (Wildman–Crippen LogP) is 2.15. The van der Waals surface area contributed by atoms with Gasteiger partial charge in [-0.25, -0.2) is 13.1 Å². The van der Waals surface area contributed by atoms with Crippen molar-refractivity contribution in [1.82, 2.24) is 14.6 Å². The molecule has 0 saturated heterocycles. The van der Waals surface area contributed by atoms with Crippen LogP contribution in [0.25, 0.3) is 0 Å². The number of nitrogens with zero attached hydrogens (tertiary/aromatic N) is 1. The fraction of sp³-hybridized carbons (Fsp3) is 0.733. The molecular weight excluding hydrogens is 286 g/mol. The van der Waals surface area contributed by atoms with Crippen LogP contribution in [0.15, 0.2) is 17.2 Å². The van der Waals surface area contributed by atoms with Crippen LogP contribution >= 0.6 is 0 Å². The van der Waals surface area contributed by atoms with E-state index in [0.717, 1.165) is 44.2 Å². The largest absolute Gasteiger partial charge is 0.346 e. The Labute approximate surface area is 127 Å². The van der Waals surface area contributed by atoms with Crippen molar-refractivity contribution in [2.24, 2.45) is 0 Å². The lowest BCUT2D eigenvalue weighted by atomic mass is 9.96. The molecule has 1 aromatic rings. The zero-order valence-corrected chi connectivity index (χ0v) is 13.5. The SMILES string of the molecule is CNCc1cc(S(=O)(=O)NC2CCCCC2)cn1C1CC1. The summed E-state index contributed by atoms with van der Waals surface area (Å²) in [5.74, 6) is 0. The van der Waals surface area contributed by atoms with Gasteiger partial charge < -0.3 is 9.88 Å². The zero-order chi connectivity index (χ0) is 14.9. The molecule has 0 aromatic carbocycles. The molecule has 0 amide bonds. The van der Waals surface area contributed by atoms with Crippen molar-refractivity contribution in [3.8, 4) is 0 Å². The lowest BCUT2D eigenvalue weighted by Gasteiger charge is -2.22. The van der Waals surface area contributed by atoms with Gasteiger partial charge in [-0.15, -0.1) is 0 Å². The Kier molecular flexibility index (Phi) is 4.38. The van der Waals surface area contributed by atoms with E-state index in [-0.39, 0.29) is 6.04 Å². The number of sulfonamides is 1. The molecule has 5 nitrogen and oxygen atoms in total. The quantitative estimate of drug-likeness (QED) is 0.846. The molecule has 2 fully saturated rings. The molecule has 2 aliphatic carbocycles. The van der Waals surface area contributed by atoms with Gasteiger partial charge in [0.15, 0.2) is 0 Å². The summed E-state index contributed by atoms with van der Waals surface area (Å²) in [7, 11) is -1.50. The van der Waals surface area contributed by atoms with Crippen molar-refractivity contribution in [3.05, 3.63) is 18.0 Å². The van der Waals surface area contributed by atoms with E-state index >= 15 is 0 Å². The van der Waals surface area contributed by atoms with E-state index in [9.17, 15) is 8.42 Å².